The van der Waals surface area contributed by atoms with Crippen molar-refractivity contribution in [1.82, 2.24) is 4.31 Å². The van der Waals surface area contributed by atoms with Gasteiger partial charge in [0, 0.05) is 13.6 Å². The molecule has 0 aromatic heterocycles. The van der Waals surface area contributed by atoms with Gasteiger partial charge in [-0.15, -0.1) is 13.2 Å². The zero-order chi connectivity index (χ0) is 10.7. The molecule has 80 valence electrons. The van der Waals surface area contributed by atoms with Gasteiger partial charge in [0.05, 0.1) is 6.61 Å². The van der Waals surface area contributed by atoms with Crippen molar-refractivity contribution in [1.29, 1.82) is 0 Å². The molecule has 0 saturated heterocycles. The second-order valence-corrected chi connectivity index (χ2v) is 3.81. The molecule has 0 aliphatic rings. The summed E-state index contributed by atoms with van der Waals surface area (Å²) in [6.45, 7) is -1.23. The number of rotatable bonds is 4. The first-order valence-corrected chi connectivity index (χ1v) is 4.58. The van der Waals surface area contributed by atoms with Crippen LogP contribution in [-0.4, -0.2) is 39.3 Å². The lowest BCUT2D eigenvalue weighted by atomic mass is 10.7. The van der Waals surface area contributed by atoms with Crippen LogP contribution < -0.4 is 5.14 Å². The van der Waals surface area contributed by atoms with Crippen LogP contribution >= 0.6 is 0 Å². The van der Waals surface area contributed by atoms with Crippen LogP contribution in [0.15, 0.2) is 0 Å². The van der Waals surface area contributed by atoms with Crippen molar-refractivity contribution >= 4 is 10.2 Å². The molecule has 0 amide bonds. The highest BCUT2D eigenvalue weighted by atomic mass is 32.2. The fourth-order valence-electron chi connectivity index (χ4n) is 0.417. The van der Waals surface area contributed by atoms with E-state index in [0.717, 1.165) is 7.05 Å². The standard InChI is InChI=1S/C4H9F3N2O3S/c1-9(13(8,10)11)2-3-12-4(5,6)7/h2-3H2,1H3,(H2,8,10,11). The molecule has 0 aliphatic heterocycles. The Hall–Kier alpha value is -0.380. The minimum atomic E-state index is -4.75. The molecule has 0 radical (unpaired) electrons. The van der Waals surface area contributed by atoms with E-state index in [2.05, 4.69) is 9.88 Å². The van der Waals surface area contributed by atoms with Crippen molar-refractivity contribution in [2.45, 2.75) is 6.36 Å². The Morgan fingerprint density at radius 3 is 2.23 bits per heavy atom. The average Bonchev–Trinajstić information content (AvgIpc) is 1.82. The average molecular weight is 222 g/mol. The topological polar surface area (TPSA) is 72.6 Å². The number of hydrogen-bond acceptors (Lipinski definition) is 3. The van der Waals surface area contributed by atoms with Crippen molar-refractivity contribution in [2.24, 2.45) is 5.14 Å². The summed E-state index contributed by atoms with van der Waals surface area (Å²) in [5.41, 5.74) is 0. The third kappa shape index (κ3) is 6.75. The summed E-state index contributed by atoms with van der Waals surface area (Å²) in [7, 11) is -2.88. The molecule has 0 aromatic carbocycles. The summed E-state index contributed by atoms with van der Waals surface area (Å²) in [5, 5.41) is 4.59. The van der Waals surface area contributed by atoms with Crippen LogP contribution in [0.4, 0.5) is 13.2 Å². The SMILES string of the molecule is CN(CCOC(F)(F)F)S(N)(=O)=O. The zero-order valence-electron chi connectivity index (χ0n) is 6.71. The number of alkyl halides is 3. The summed E-state index contributed by atoms with van der Waals surface area (Å²) in [6.07, 6.45) is -4.75. The fourth-order valence-corrected chi connectivity index (χ4v) is 0.746. The normalized spacial score (nSPS) is 13.7. The minimum absolute atomic E-state index is 0.446. The lowest BCUT2D eigenvalue weighted by molar-refractivity contribution is -0.324. The molecule has 0 unspecified atom stereocenters. The van der Waals surface area contributed by atoms with Gasteiger partial charge < -0.3 is 0 Å². The molecule has 0 fully saturated rings. The summed E-state index contributed by atoms with van der Waals surface area (Å²) in [5.74, 6) is 0. The van der Waals surface area contributed by atoms with Crippen LogP contribution in [0.5, 0.6) is 0 Å². The number of likely N-dealkylation sites (N-methyl/N-ethyl adjacent to an activating group) is 1. The highest BCUT2D eigenvalue weighted by molar-refractivity contribution is 7.86. The summed E-state index contributed by atoms with van der Waals surface area (Å²) in [4.78, 5) is 0. The first-order valence-electron chi connectivity index (χ1n) is 3.07. The van der Waals surface area contributed by atoms with Crippen molar-refractivity contribution in [3.05, 3.63) is 0 Å². The van der Waals surface area contributed by atoms with E-state index in [-0.39, 0.29) is 0 Å². The summed E-state index contributed by atoms with van der Waals surface area (Å²) >= 11 is 0. The Kier molecular flexibility index (Phi) is 4.10. The lowest BCUT2D eigenvalue weighted by Crippen LogP contribution is -2.36. The Morgan fingerprint density at radius 2 is 1.92 bits per heavy atom. The highest BCUT2D eigenvalue weighted by Gasteiger charge is 2.29. The van der Waals surface area contributed by atoms with Gasteiger partial charge in [-0.3, -0.25) is 4.74 Å². The first kappa shape index (κ1) is 12.6. The summed E-state index contributed by atoms with van der Waals surface area (Å²) < 4.78 is 58.9. The van der Waals surface area contributed by atoms with Gasteiger partial charge in [-0.05, 0) is 0 Å². The van der Waals surface area contributed by atoms with E-state index in [4.69, 9.17) is 0 Å². The van der Waals surface area contributed by atoms with Gasteiger partial charge in [-0.25, -0.2) is 5.14 Å². The van der Waals surface area contributed by atoms with Crippen molar-refractivity contribution in [3.63, 3.8) is 0 Å². The monoisotopic (exact) mass is 222 g/mol. The van der Waals surface area contributed by atoms with Crippen LogP contribution in [0, 0.1) is 0 Å². The molecule has 9 heteroatoms. The van der Waals surface area contributed by atoms with Gasteiger partial charge in [-0.1, -0.05) is 0 Å². The van der Waals surface area contributed by atoms with Gasteiger partial charge in [0.15, 0.2) is 0 Å². The predicted molar refractivity (Wildman–Crippen MR) is 37.7 cm³/mol. The number of nitrogens with zero attached hydrogens (tertiary/aromatic N) is 1. The maximum atomic E-state index is 11.4. The van der Waals surface area contributed by atoms with E-state index in [9.17, 15) is 21.6 Å². The minimum Gasteiger partial charge on any atom is -0.291 e. The van der Waals surface area contributed by atoms with Crippen LogP contribution in [0.3, 0.4) is 0 Å². The number of nitrogens with two attached hydrogens (primary N) is 1. The van der Waals surface area contributed by atoms with E-state index in [0.29, 0.717) is 4.31 Å². The van der Waals surface area contributed by atoms with Gasteiger partial charge >= 0.3 is 6.36 Å². The molecule has 0 aromatic rings. The van der Waals surface area contributed by atoms with Crippen molar-refractivity contribution < 1.29 is 26.3 Å². The van der Waals surface area contributed by atoms with E-state index < -0.39 is 29.7 Å². The Balaban J connectivity index is 3.80. The number of hydrogen-bond donors (Lipinski definition) is 1. The van der Waals surface area contributed by atoms with Crippen molar-refractivity contribution in [3.8, 4) is 0 Å². The molecule has 0 spiro atoms. The molecule has 0 saturated carbocycles. The van der Waals surface area contributed by atoms with Gasteiger partial charge in [0.25, 0.3) is 10.2 Å². The lowest BCUT2D eigenvalue weighted by Gasteiger charge is -2.13. The van der Waals surface area contributed by atoms with Crippen LogP contribution in [0.1, 0.15) is 0 Å². The van der Waals surface area contributed by atoms with Crippen LogP contribution in [0.25, 0.3) is 0 Å². The maximum Gasteiger partial charge on any atom is 0.522 e. The Morgan fingerprint density at radius 1 is 1.46 bits per heavy atom. The van der Waals surface area contributed by atoms with Gasteiger partial charge in [-0.2, -0.15) is 12.7 Å². The van der Waals surface area contributed by atoms with E-state index >= 15 is 0 Å². The molecule has 0 rings (SSSR count). The molecule has 0 atom stereocenters. The molecule has 13 heavy (non-hydrogen) atoms. The fraction of sp³-hybridized carbons (Fsp3) is 1.00. The van der Waals surface area contributed by atoms with Gasteiger partial charge in [0.1, 0.15) is 0 Å². The molecule has 0 aliphatic carbocycles. The molecule has 0 heterocycles. The van der Waals surface area contributed by atoms with E-state index in [1.807, 2.05) is 0 Å². The molecular weight excluding hydrogens is 213 g/mol. The second-order valence-electron chi connectivity index (χ2n) is 2.16. The molecular formula is C4H9F3N2O3S. The third-order valence-electron chi connectivity index (χ3n) is 1.11. The first-order chi connectivity index (χ1) is 5.63. The highest BCUT2D eigenvalue weighted by Crippen LogP contribution is 2.15. The molecule has 0 bridgehead atoms. The zero-order valence-corrected chi connectivity index (χ0v) is 7.52. The molecule has 2 N–H and O–H groups in total. The predicted octanol–water partition coefficient (Wildman–Crippen LogP) is -0.342. The Bertz CT molecular complexity index is 250. The number of ether oxygens (including phenoxy) is 1. The molecule has 5 nitrogen and oxygen atoms in total. The quantitative estimate of drug-likeness (QED) is 0.707. The van der Waals surface area contributed by atoms with Gasteiger partial charge in [0.2, 0.25) is 0 Å². The van der Waals surface area contributed by atoms with Crippen LogP contribution in [0.2, 0.25) is 0 Å². The maximum absolute atomic E-state index is 11.4. The Labute approximate surface area is 73.4 Å². The van der Waals surface area contributed by atoms with E-state index in [1.165, 1.54) is 0 Å². The third-order valence-corrected chi connectivity index (χ3v) is 2.16. The largest absolute Gasteiger partial charge is 0.522 e. The second kappa shape index (κ2) is 4.22. The smallest absolute Gasteiger partial charge is 0.291 e. The van der Waals surface area contributed by atoms with Crippen molar-refractivity contribution in [2.75, 3.05) is 20.2 Å². The summed E-state index contributed by atoms with van der Waals surface area (Å²) in [6, 6.07) is 0. The van der Waals surface area contributed by atoms with E-state index in [1.54, 1.807) is 0 Å². The van der Waals surface area contributed by atoms with Crippen LogP contribution in [-0.2, 0) is 14.9 Å². The number of halogens is 3.